The van der Waals surface area contributed by atoms with Gasteiger partial charge < -0.3 is 10.5 Å². The zero-order valence-electron chi connectivity index (χ0n) is 12.3. The van der Waals surface area contributed by atoms with Crippen LogP contribution < -0.4 is 10.0 Å². The third-order valence-electron chi connectivity index (χ3n) is 2.85. The van der Waals surface area contributed by atoms with Gasteiger partial charge >= 0.3 is 0 Å². The molecule has 0 aliphatic heterocycles. The summed E-state index contributed by atoms with van der Waals surface area (Å²) in [7, 11) is 0. The maximum atomic E-state index is 11.7. The number of hydrogen-bond donors (Lipinski definition) is 1. The predicted molar refractivity (Wildman–Crippen MR) is 91.0 cm³/mol. The van der Waals surface area contributed by atoms with Gasteiger partial charge in [0.05, 0.1) is 5.75 Å². The minimum Gasteiger partial charge on any atom is -0.618 e. The molecule has 6 heteroatoms. The lowest BCUT2D eigenvalue weighted by molar-refractivity contribution is -0.645. The number of thioether (sulfide) groups is 2. The van der Waals surface area contributed by atoms with Crippen molar-refractivity contribution in [2.24, 2.45) is 0 Å². The number of carbonyl (C=O) groups is 1. The van der Waals surface area contributed by atoms with E-state index in [0.29, 0.717) is 11.6 Å². The topological polar surface area (TPSA) is 56.0 Å². The number of carbonyl (C=O) groups excluding carboxylic acids is 1. The van der Waals surface area contributed by atoms with Crippen molar-refractivity contribution in [1.82, 2.24) is 5.32 Å². The lowest BCUT2D eigenvalue weighted by Crippen LogP contribution is -2.30. The Morgan fingerprint density at radius 1 is 1.18 bits per heavy atom. The van der Waals surface area contributed by atoms with Crippen molar-refractivity contribution in [2.75, 3.05) is 18.1 Å². The van der Waals surface area contributed by atoms with Gasteiger partial charge in [0.1, 0.15) is 0 Å². The van der Waals surface area contributed by atoms with Gasteiger partial charge in [0.25, 0.3) is 5.03 Å². The summed E-state index contributed by atoms with van der Waals surface area (Å²) < 4.78 is 0.769. The SMILES string of the molecule is Cc1ccc(SCCNC(=O)CSc2cccc[n+]2[O-])cc1. The van der Waals surface area contributed by atoms with Crippen molar-refractivity contribution in [3.8, 4) is 0 Å². The minimum absolute atomic E-state index is 0.0571. The number of aromatic nitrogens is 1. The first kappa shape index (κ1) is 16.7. The van der Waals surface area contributed by atoms with Crippen LogP contribution in [0.5, 0.6) is 0 Å². The second-order valence-electron chi connectivity index (χ2n) is 4.66. The largest absolute Gasteiger partial charge is 0.618 e. The van der Waals surface area contributed by atoms with E-state index in [1.165, 1.54) is 28.4 Å². The maximum Gasteiger partial charge on any atom is 0.251 e. The quantitative estimate of drug-likeness (QED) is 0.366. The average molecular weight is 334 g/mol. The molecule has 1 heterocycles. The van der Waals surface area contributed by atoms with Gasteiger partial charge in [-0.25, -0.2) is 0 Å². The van der Waals surface area contributed by atoms with Gasteiger partial charge in [0.15, 0.2) is 6.20 Å². The second-order valence-corrected chi connectivity index (χ2v) is 6.83. The molecule has 116 valence electrons. The van der Waals surface area contributed by atoms with Gasteiger partial charge in [-0.2, -0.15) is 4.73 Å². The Balaban J connectivity index is 1.64. The fourth-order valence-corrected chi connectivity index (χ4v) is 3.22. The van der Waals surface area contributed by atoms with Crippen molar-refractivity contribution < 1.29 is 9.52 Å². The van der Waals surface area contributed by atoms with E-state index < -0.39 is 0 Å². The van der Waals surface area contributed by atoms with Gasteiger partial charge in [-0.3, -0.25) is 4.79 Å². The van der Waals surface area contributed by atoms with Gasteiger partial charge in [-0.05, 0) is 36.9 Å². The number of benzene rings is 1. The number of hydrogen-bond acceptors (Lipinski definition) is 4. The third-order valence-corrected chi connectivity index (χ3v) is 4.89. The third kappa shape index (κ3) is 5.61. The predicted octanol–water partition coefficient (Wildman–Crippen LogP) is 2.63. The summed E-state index contributed by atoms with van der Waals surface area (Å²) >= 11 is 2.96. The molecule has 0 saturated heterocycles. The van der Waals surface area contributed by atoms with Crippen molar-refractivity contribution in [3.63, 3.8) is 0 Å². The molecular formula is C16H18N2O2S2. The number of aryl methyl sites for hydroxylation is 1. The highest BCUT2D eigenvalue weighted by Gasteiger charge is 2.08. The molecule has 0 atom stereocenters. The van der Waals surface area contributed by atoms with E-state index in [0.717, 1.165) is 10.5 Å². The number of nitrogens with one attached hydrogen (secondary N) is 1. The van der Waals surface area contributed by atoms with Crippen LogP contribution >= 0.6 is 23.5 Å². The van der Waals surface area contributed by atoms with E-state index in [4.69, 9.17) is 0 Å². The first-order valence-corrected chi connectivity index (χ1v) is 8.89. The molecule has 0 aliphatic rings. The van der Waals surface area contributed by atoms with Crippen LogP contribution in [0.4, 0.5) is 0 Å². The molecule has 2 rings (SSSR count). The van der Waals surface area contributed by atoms with E-state index >= 15 is 0 Å². The van der Waals surface area contributed by atoms with Crippen LogP contribution in [0, 0.1) is 12.1 Å². The van der Waals surface area contributed by atoms with E-state index in [1.807, 2.05) is 0 Å². The zero-order chi connectivity index (χ0) is 15.8. The molecule has 0 spiro atoms. The molecule has 0 saturated carbocycles. The van der Waals surface area contributed by atoms with Gasteiger partial charge in [-0.15, -0.1) is 11.8 Å². The molecule has 1 aromatic carbocycles. The summed E-state index contributed by atoms with van der Waals surface area (Å²) in [6.45, 7) is 2.68. The summed E-state index contributed by atoms with van der Waals surface area (Å²) in [6.07, 6.45) is 1.43. The first-order chi connectivity index (χ1) is 10.6. The maximum absolute atomic E-state index is 11.7. The molecule has 1 N–H and O–H groups in total. The van der Waals surface area contributed by atoms with Crippen LogP contribution in [-0.2, 0) is 4.79 Å². The minimum atomic E-state index is -0.0571. The zero-order valence-corrected chi connectivity index (χ0v) is 14.0. The van der Waals surface area contributed by atoms with Gasteiger partial charge in [0, 0.05) is 29.3 Å². The number of nitrogens with zero attached hydrogens (tertiary/aromatic N) is 1. The average Bonchev–Trinajstić information content (AvgIpc) is 2.52. The first-order valence-electron chi connectivity index (χ1n) is 6.92. The highest BCUT2D eigenvalue weighted by molar-refractivity contribution is 7.99. The Hall–Kier alpha value is -1.66. The van der Waals surface area contributed by atoms with E-state index in [2.05, 4.69) is 36.5 Å². The standard InChI is InChI=1S/C16H18N2O2S2/c1-13-5-7-14(8-6-13)21-11-9-17-15(19)12-22-16-4-2-3-10-18(16)20/h2-8,10H,9,11-12H2,1H3,(H,17,19). The highest BCUT2D eigenvalue weighted by Crippen LogP contribution is 2.17. The fourth-order valence-electron chi connectivity index (χ4n) is 1.71. The van der Waals surface area contributed by atoms with Crippen LogP contribution in [0.2, 0.25) is 0 Å². The Morgan fingerprint density at radius 2 is 1.95 bits per heavy atom. The summed E-state index contributed by atoms with van der Waals surface area (Å²) in [5, 5.41) is 14.8. The molecule has 22 heavy (non-hydrogen) atoms. The normalized spacial score (nSPS) is 10.4. The van der Waals surface area contributed by atoms with Crippen LogP contribution in [0.1, 0.15) is 5.56 Å². The molecule has 0 radical (unpaired) electrons. The Morgan fingerprint density at radius 3 is 2.68 bits per heavy atom. The Bertz CT molecular complexity index is 618. The van der Waals surface area contributed by atoms with E-state index in [9.17, 15) is 10.0 Å². The number of amides is 1. The lowest BCUT2D eigenvalue weighted by Gasteiger charge is -2.06. The van der Waals surface area contributed by atoms with Crippen LogP contribution in [0.25, 0.3) is 0 Å². The van der Waals surface area contributed by atoms with Crippen molar-refractivity contribution >= 4 is 29.4 Å². The highest BCUT2D eigenvalue weighted by atomic mass is 32.2. The molecule has 0 aliphatic carbocycles. The lowest BCUT2D eigenvalue weighted by atomic mass is 10.2. The van der Waals surface area contributed by atoms with Gasteiger partial charge in [-0.1, -0.05) is 17.7 Å². The Labute approximate surface area is 138 Å². The Kier molecular flexibility index (Phi) is 6.61. The van der Waals surface area contributed by atoms with E-state index in [1.54, 1.807) is 30.0 Å². The van der Waals surface area contributed by atoms with Crippen LogP contribution in [0.15, 0.2) is 58.6 Å². The van der Waals surface area contributed by atoms with Crippen LogP contribution in [0.3, 0.4) is 0 Å². The molecular weight excluding hydrogens is 316 g/mol. The molecule has 0 unspecified atom stereocenters. The second kappa shape index (κ2) is 8.70. The monoisotopic (exact) mass is 334 g/mol. The number of pyridine rings is 1. The van der Waals surface area contributed by atoms with Crippen molar-refractivity contribution in [3.05, 3.63) is 59.4 Å². The van der Waals surface area contributed by atoms with Crippen LogP contribution in [-0.4, -0.2) is 24.0 Å². The van der Waals surface area contributed by atoms with Gasteiger partial charge in [0.2, 0.25) is 5.91 Å². The molecule has 1 aromatic heterocycles. The molecule has 4 nitrogen and oxygen atoms in total. The smallest absolute Gasteiger partial charge is 0.251 e. The van der Waals surface area contributed by atoms with Crippen molar-refractivity contribution in [1.29, 1.82) is 0 Å². The summed E-state index contributed by atoms with van der Waals surface area (Å²) in [4.78, 5) is 12.9. The van der Waals surface area contributed by atoms with E-state index in [-0.39, 0.29) is 11.7 Å². The summed E-state index contributed by atoms with van der Waals surface area (Å²) in [5.41, 5.74) is 1.24. The molecule has 1 amide bonds. The van der Waals surface area contributed by atoms with Crippen molar-refractivity contribution in [2.45, 2.75) is 16.8 Å². The fraction of sp³-hybridized carbons (Fsp3) is 0.250. The molecule has 2 aromatic rings. The molecule has 0 bridgehead atoms. The summed E-state index contributed by atoms with van der Waals surface area (Å²) in [6, 6.07) is 13.5. The summed E-state index contributed by atoms with van der Waals surface area (Å²) in [5.74, 6) is 1.02. The number of rotatable bonds is 7. The molecule has 0 fully saturated rings.